The molecule has 26 heavy (non-hydrogen) atoms. The lowest BCUT2D eigenvalue weighted by atomic mass is 10.1. The molecule has 0 atom stereocenters. The molecule has 8 heteroatoms. The summed E-state index contributed by atoms with van der Waals surface area (Å²) in [5.41, 5.74) is 0.256. The highest BCUT2D eigenvalue weighted by atomic mass is 32.1. The average molecular weight is 377 g/mol. The Kier molecular flexibility index (Phi) is 7.16. The molecule has 0 aliphatic carbocycles. The van der Waals surface area contributed by atoms with Crippen LogP contribution >= 0.6 is 11.3 Å². The number of hydrogen-bond acceptors (Lipinski definition) is 7. The number of amides is 1. The van der Waals surface area contributed by atoms with E-state index in [9.17, 15) is 14.4 Å². The van der Waals surface area contributed by atoms with Gasteiger partial charge in [0.15, 0.2) is 6.61 Å². The van der Waals surface area contributed by atoms with E-state index >= 15 is 0 Å². The third kappa shape index (κ3) is 5.59. The van der Waals surface area contributed by atoms with Crippen molar-refractivity contribution in [3.05, 3.63) is 51.7 Å². The van der Waals surface area contributed by atoms with Gasteiger partial charge in [-0.15, -0.1) is 11.3 Å². The molecule has 138 valence electrons. The van der Waals surface area contributed by atoms with Crippen molar-refractivity contribution in [2.24, 2.45) is 0 Å². The zero-order valence-corrected chi connectivity index (χ0v) is 15.3. The first-order valence-corrected chi connectivity index (χ1v) is 8.65. The third-order valence-electron chi connectivity index (χ3n) is 3.39. The molecule has 1 heterocycles. The standard InChI is InChI=1S/C18H19NO6S/c1-23-17(21)12-8-13(18(22)24-2)10-14(9-12)25-11-16(20)19-6-5-15-4-3-7-26-15/h3-4,7-10H,5-6,11H2,1-2H3,(H,19,20). The van der Waals surface area contributed by atoms with Gasteiger partial charge in [0.2, 0.25) is 0 Å². The lowest BCUT2D eigenvalue weighted by Crippen LogP contribution is -2.30. The zero-order chi connectivity index (χ0) is 18.9. The minimum absolute atomic E-state index is 0.128. The van der Waals surface area contributed by atoms with E-state index in [1.54, 1.807) is 11.3 Å². The molecule has 1 aromatic carbocycles. The van der Waals surface area contributed by atoms with E-state index in [0.29, 0.717) is 6.54 Å². The molecule has 0 aliphatic rings. The maximum Gasteiger partial charge on any atom is 0.338 e. The van der Waals surface area contributed by atoms with Crippen LogP contribution in [0.2, 0.25) is 0 Å². The van der Waals surface area contributed by atoms with Gasteiger partial charge in [0.1, 0.15) is 5.75 Å². The summed E-state index contributed by atoms with van der Waals surface area (Å²) in [5.74, 6) is -1.35. The molecule has 0 saturated heterocycles. The van der Waals surface area contributed by atoms with Gasteiger partial charge >= 0.3 is 11.9 Å². The monoisotopic (exact) mass is 377 g/mol. The van der Waals surface area contributed by atoms with Crippen molar-refractivity contribution in [1.82, 2.24) is 5.32 Å². The van der Waals surface area contributed by atoms with E-state index in [1.807, 2.05) is 17.5 Å². The summed E-state index contributed by atoms with van der Waals surface area (Å²) in [6, 6.07) is 8.10. The Morgan fingerprint density at radius 2 is 1.69 bits per heavy atom. The van der Waals surface area contributed by atoms with E-state index in [1.165, 1.54) is 37.3 Å². The van der Waals surface area contributed by atoms with E-state index < -0.39 is 11.9 Å². The Hall–Kier alpha value is -2.87. The van der Waals surface area contributed by atoms with E-state index in [0.717, 1.165) is 6.42 Å². The highest BCUT2D eigenvalue weighted by Gasteiger charge is 2.15. The number of esters is 2. The predicted molar refractivity (Wildman–Crippen MR) is 95.6 cm³/mol. The van der Waals surface area contributed by atoms with Crippen molar-refractivity contribution in [2.45, 2.75) is 6.42 Å². The van der Waals surface area contributed by atoms with Gasteiger partial charge in [0.05, 0.1) is 25.3 Å². The summed E-state index contributed by atoms with van der Waals surface area (Å²) < 4.78 is 14.7. The van der Waals surface area contributed by atoms with E-state index in [4.69, 9.17) is 4.74 Å². The van der Waals surface area contributed by atoms with Crippen molar-refractivity contribution in [2.75, 3.05) is 27.4 Å². The number of nitrogens with one attached hydrogen (secondary N) is 1. The first kappa shape index (κ1) is 19.5. The van der Waals surface area contributed by atoms with Crippen LogP contribution in [0.3, 0.4) is 0 Å². The number of carbonyl (C=O) groups excluding carboxylic acids is 3. The number of methoxy groups -OCH3 is 2. The first-order valence-electron chi connectivity index (χ1n) is 7.77. The van der Waals surface area contributed by atoms with Gasteiger partial charge in [0.25, 0.3) is 5.91 Å². The largest absolute Gasteiger partial charge is 0.484 e. The van der Waals surface area contributed by atoms with Crippen molar-refractivity contribution < 1.29 is 28.6 Å². The lowest BCUT2D eigenvalue weighted by molar-refractivity contribution is -0.123. The predicted octanol–water partition coefficient (Wildman–Crippen LogP) is 2.06. The fraction of sp³-hybridized carbons (Fsp3) is 0.278. The number of ether oxygens (including phenoxy) is 3. The van der Waals surface area contributed by atoms with Crippen molar-refractivity contribution in [3.63, 3.8) is 0 Å². The quantitative estimate of drug-likeness (QED) is 0.708. The average Bonchev–Trinajstić information content (AvgIpc) is 3.18. The molecule has 0 spiro atoms. The van der Waals surface area contributed by atoms with Crippen LogP contribution in [0, 0.1) is 0 Å². The van der Waals surface area contributed by atoms with Crippen LogP contribution in [0.1, 0.15) is 25.6 Å². The van der Waals surface area contributed by atoms with Gasteiger partial charge in [-0.25, -0.2) is 9.59 Å². The summed E-state index contributed by atoms with van der Waals surface area (Å²) in [6.45, 7) is 0.258. The zero-order valence-electron chi connectivity index (χ0n) is 14.4. The number of benzene rings is 1. The SMILES string of the molecule is COC(=O)c1cc(OCC(=O)NCCc2cccs2)cc(C(=O)OC)c1. The Morgan fingerprint density at radius 1 is 1.04 bits per heavy atom. The molecule has 1 amide bonds. The fourth-order valence-electron chi connectivity index (χ4n) is 2.13. The molecule has 0 fully saturated rings. The number of carbonyl (C=O) groups is 3. The van der Waals surface area contributed by atoms with Crippen LogP contribution in [0.25, 0.3) is 0 Å². The first-order chi connectivity index (χ1) is 12.5. The second-order valence-corrected chi connectivity index (χ2v) is 6.23. The number of rotatable bonds is 8. The highest BCUT2D eigenvalue weighted by molar-refractivity contribution is 7.09. The van der Waals surface area contributed by atoms with Crippen LogP contribution in [-0.2, 0) is 20.7 Å². The molecule has 0 saturated carbocycles. The summed E-state index contributed by atoms with van der Waals surface area (Å²) in [6.07, 6.45) is 0.744. The van der Waals surface area contributed by atoms with Crippen LogP contribution in [0.15, 0.2) is 35.7 Å². The van der Waals surface area contributed by atoms with E-state index in [2.05, 4.69) is 14.8 Å². The summed E-state index contributed by atoms with van der Waals surface area (Å²) in [7, 11) is 2.46. The maximum atomic E-state index is 11.9. The summed E-state index contributed by atoms with van der Waals surface area (Å²) in [4.78, 5) is 36.5. The molecule has 0 aliphatic heterocycles. The number of thiophene rings is 1. The molecule has 2 aromatic rings. The van der Waals surface area contributed by atoms with E-state index in [-0.39, 0.29) is 29.4 Å². The molecule has 2 rings (SSSR count). The van der Waals surface area contributed by atoms with Crippen LogP contribution in [0.5, 0.6) is 5.75 Å². The normalized spacial score (nSPS) is 10.1. The van der Waals surface area contributed by atoms with Gasteiger partial charge in [-0.1, -0.05) is 6.07 Å². The summed E-state index contributed by atoms with van der Waals surface area (Å²) in [5, 5.41) is 4.73. The molecule has 0 unspecified atom stereocenters. The van der Waals surface area contributed by atoms with Gasteiger partial charge < -0.3 is 19.5 Å². The minimum Gasteiger partial charge on any atom is -0.484 e. The fourth-order valence-corrected chi connectivity index (χ4v) is 2.84. The van der Waals surface area contributed by atoms with Gasteiger partial charge in [-0.2, -0.15) is 0 Å². The van der Waals surface area contributed by atoms with Gasteiger partial charge in [0, 0.05) is 11.4 Å². The Labute approximate surface area is 154 Å². The van der Waals surface area contributed by atoms with Crippen molar-refractivity contribution in [1.29, 1.82) is 0 Å². The molecule has 1 aromatic heterocycles. The molecule has 0 radical (unpaired) electrons. The lowest BCUT2D eigenvalue weighted by Gasteiger charge is -2.10. The second kappa shape index (κ2) is 9.57. The van der Waals surface area contributed by atoms with Crippen LogP contribution in [0.4, 0.5) is 0 Å². The molecular weight excluding hydrogens is 358 g/mol. The molecule has 7 nitrogen and oxygen atoms in total. The summed E-state index contributed by atoms with van der Waals surface area (Å²) >= 11 is 1.63. The molecule has 0 bridgehead atoms. The van der Waals surface area contributed by atoms with Crippen molar-refractivity contribution >= 4 is 29.2 Å². The molecular formula is C18H19NO6S. The van der Waals surface area contributed by atoms with Gasteiger partial charge in [-0.3, -0.25) is 4.79 Å². The smallest absolute Gasteiger partial charge is 0.338 e. The van der Waals surface area contributed by atoms with Gasteiger partial charge in [-0.05, 0) is 36.1 Å². The Balaban J connectivity index is 1.95. The van der Waals surface area contributed by atoms with Crippen molar-refractivity contribution in [3.8, 4) is 5.75 Å². The topological polar surface area (TPSA) is 90.9 Å². The second-order valence-electron chi connectivity index (χ2n) is 5.20. The maximum absolute atomic E-state index is 11.9. The van der Waals surface area contributed by atoms with Crippen LogP contribution in [-0.4, -0.2) is 45.2 Å². The third-order valence-corrected chi connectivity index (χ3v) is 4.33. The highest BCUT2D eigenvalue weighted by Crippen LogP contribution is 2.19. The number of hydrogen-bond donors (Lipinski definition) is 1. The van der Waals surface area contributed by atoms with Crippen LogP contribution < -0.4 is 10.1 Å². The molecule has 1 N–H and O–H groups in total. The Bertz CT molecular complexity index is 738. The Morgan fingerprint density at radius 3 is 2.23 bits per heavy atom. The minimum atomic E-state index is -0.624.